The predicted molar refractivity (Wildman–Crippen MR) is 86.0 cm³/mol. The summed E-state index contributed by atoms with van der Waals surface area (Å²) in [6.07, 6.45) is 0.442. The molecule has 0 fully saturated rings. The minimum Gasteiger partial charge on any atom is -0.271 e. The van der Waals surface area contributed by atoms with Crippen molar-refractivity contribution in [1.29, 1.82) is 0 Å². The van der Waals surface area contributed by atoms with Gasteiger partial charge in [0.25, 0.3) is 0 Å². The molecule has 2 aromatic rings. The molecule has 21 heavy (non-hydrogen) atoms. The Labute approximate surface area is 135 Å². The molecule has 0 spiro atoms. The van der Waals surface area contributed by atoms with Gasteiger partial charge in [-0.15, -0.1) is 11.8 Å². The summed E-state index contributed by atoms with van der Waals surface area (Å²) in [6.45, 7) is 0. The number of hydrazine groups is 1. The third kappa shape index (κ3) is 4.78. The van der Waals surface area contributed by atoms with Gasteiger partial charge in [0.05, 0.1) is 0 Å². The number of nitrogens with one attached hydrogen (secondary N) is 1. The summed E-state index contributed by atoms with van der Waals surface area (Å²) in [5.41, 5.74) is 3.24. The van der Waals surface area contributed by atoms with E-state index in [1.165, 1.54) is 23.9 Å². The van der Waals surface area contributed by atoms with Gasteiger partial charge in [0.2, 0.25) is 0 Å². The Morgan fingerprint density at radius 2 is 1.90 bits per heavy atom. The number of rotatable bonds is 6. The number of nitrogens with two attached hydrogens (primary N) is 1. The van der Waals surface area contributed by atoms with Crippen molar-refractivity contribution in [1.82, 2.24) is 5.43 Å². The molecule has 1 unspecified atom stereocenters. The van der Waals surface area contributed by atoms with Gasteiger partial charge in [-0.3, -0.25) is 11.3 Å². The van der Waals surface area contributed by atoms with Crippen LogP contribution in [0.2, 0.25) is 0 Å². The lowest BCUT2D eigenvalue weighted by atomic mass is 10.1. The maximum Gasteiger partial charge on any atom is 0.136 e. The van der Waals surface area contributed by atoms with Crippen molar-refractivity contribution in [3.63, 3.8) is 0 Å². The molecule has 112 valence electrons. The van der Waals surface area contributed by atoms with Crippen LogP contribution in [0.5, 0.6) is 0 Å². The van der Waals surface area contributed by atoms with E-state index in [0.717, 1.165) is 0 Å². The molecule has 0 amide bonds. The molecule has 0 aromatic heterocycles. The first kappa shape index (κ1) is 16.4. The molecule has 0 heterocycles. The first-order valence-electron chi connectivity index (χ1n) is 6.37. The second kappa shape index (κ2) is 7.89. The Balaban J connectivity index is 1.99. The van der Waals surface area contributed by atoms with Crippen LogP contribution in [0, 0.1) is 11.6 Å². The van der Waals surface area contributed by atoms with Gasteiger partial charge in [0.15, 0.2) is 0 Å². The first-order chi connectivity index (χ1) is 10.1. The lowest BCUT2D eigenvalue weighted by Gasteiger charge is -2.16. The van der Waals surface area contributed by atoms with Crippen molar-refractivity contribution in [2.24, 2.45) is 5.84 Å². The zero-order chi connectivity index (χ0) is 15.2. The maximum atomic E-state index is 13.8. The smallest absolute Gasteiger partial charge is 0.136 e. The summed E-state index contributed by atoms with van der Waals surface area (Å²) < 4.78 is 28.0. The Morgan fingerprint density at radius 3 is 2.57 bits per heavy atom. The molecule has 2 rings (SSSR count). The van der Waals surface area contributed by atoms with Gasteiger partial charge in [-0.05, 0) is 36.2 Å². The summed E-state index contributed by atoms with van der Waals surface area (Å²) in [5.74, 6) is 5.53. The number of hydrogen-bond donors (Lipinski definition) is 2. The zero-order valence-corrected chi connectivity index (χ0v) is 13.6. The highest BCUT2D eigenvalue weighted by Crippen LogP contribution is 2.23. The van der Waals surface area contributed by atoms with Crippen LogP contribution in [0.4, 0.5) is 8.78 Å². The van der Waals surface area contributed by atoms with E-state index >= 15 is 0 Å². The van der Waals surface area contributed by atoms with Gasteiger partial charge < -0.3 is 0 Å². The Hall–Kier alpha value is -0.950. The molecule has 6 heteroatoms. The number of benzene rings is 2. The summed E-state index contributed by atoms with van der Waals surface area (Å²) in [5, 5.41) is 0. The fourth-order valence-electron chi connectivity index (χ4n) is 1.87. The molecule has 2 aromatic carbocycles. The van der Waals surface area contributed by atoms with Crippen LogP contribution in [0.25, 0.3) is 0 Å². The van der Waals surface area contributed by atoms with E-state index < -0.39 is 0 Å². The Kier molecular flexibility index (Phi) is 6.17. The van der Waals surface area contributed by atoms with Crippen molar-refractivity contribution in [2.45, 2.75) is 17.4 Å². The molecule has 2 nitrogen and oxygen atoms in total. The predicted octanol–water partition coefficient (Wildman–Crippen LogP) is 3.89. The fraction of sp³-hybridized carbons (Fsp3) is 0.200. The molecular formula is C15H15BrF2N2S. The van der Waals surface area contributed by atoms with E-state index in [0.29, 0.717) is 27.1 Å². The van der Waals surface area contributed by atoms with Crippen LogP contribution in [-0.2, 0) is 6.42 Å². The molecule has 0 aliphatic carbocycles. The lowest BCUT2D eigenvalue weighted by Crippen LogP contribution is -2.38. The maximum absolute atomic E-state index is 13.8. The minimum atomic E-state index is -0.277. The minimum absolute atomic E-state index is 0.148. The molecule has 0 saturated heterocycles. The highest BCUT2D eigenvalue weighted by Gasteiger charge is 2.13. The van der Waals surface area contributed by atoms with Gasteiger partial charge in [0.1, 0.15) is 11.6 Å². The van der Waals surface area contributed by atoms with Crippen LogP contribution >= 0.6 is 27.7 Å². The third-order valence-electron chi connectivity index (χ3n) is 2.99. The van der Waals surface area contributed by atoms with Gasteiger partial charge in [-0.2, -0.15) is 0 Å². The second-order valence-corrected chi connectivity index (χ2v) is 6.52. The van der Waals surface area contributed by atoms with E-state index in [-0.39, 0.29) is 17.7 Å². The van der Waals surface area contributed by atoms with Crippen molar-refractivity contribution in [2.75, 3.05) is 5.75 Å². The van der Waals surface area contributed by atoms with Crippen LogP contribution in [0.15, 0.2) is 51.8 Å². The van der Waals surface area contributed by atoms with Gasteiger partial charge in [-0.1, -0.05) is 34.1 Å². The van der Waals surface area contributed by atoms with Crippen molar-refractivity contribution in [3.05, 3.63) is 64.1 Å². The molecular weight excluding hydrogens is 358 g/mol. The summed E-state index contributed by atoms with van der Waals surface area (Å²) in [7, 11) is 0. The quantitative estimate of drug-likeness (QED) is 0.458. The van der Waals surface area contributed by atoms with Crippen molar-refractivity contribution < 1.29 is 8.78 Å². The largest absolute Gasteiger partial charge is 0.271 e. The van der Waals surface area contributed by atoms with Crippen LogP contribution in [0.3, 0.4) is 0 Å². The fourth-order valence-corrected chi connectivity index (χ4v) is 3.18. The lowest BCUT2D eigenvalue weighted by molar-refractivity contribution is 0.545. The third-order valence-corrected chi connectivity index (χ3v) is 4.70. The second-order valence-electron chi connectivity index (χ2n) is 4.54. The molecule has 0 saturated carbocycles. The molecule has 0 aliphatic heterocycles. The molecule has 0 radical (unpaired) electrons. The molecule has 3 N–H and O–H groups in total. The molecule has 0 aliphatic rings. The number of thioether (sulfide) groups is 1. The zero-order valence-electron chi connectivity index (χ0n) is 11.2. The van der Waals surface area contributed by atoms with Crippen molar-refractivity contribution in [3.8, 4) is 0 Å². The van der Waals surface area contributed by atoms with Crippen LogP contribution in [-0.4, -0.2) is 11.8 Å². The molecule has 1 atom stereocenters. The Morgan fingerprint density at radius 1 is 1.14 bits per heavy atom. The average molecular weight is 373 g/mol. The standard InChI is InChI=1S/C15H15BrF2N2S/c16-11-6-5-10(14(18)8-11)7-12(20-19)9-21-15-4-2-1-3-13(15)17/h1-6,8,12,20H,7,9,19H2. The summed E-state index contributed by atoms with van der Waals surface area (Å²) in [6, 6.07) is 11.3. The van der Waals surface area contributed by atoms with Gasteiger partial charge >= 0.3 is 0 Å². The first-order valence-corrected chi connectivity index (χ1v) is 8.15. The van der Waals surface area contributed by atoms with Crippen molar-refractivity contribution >= 4 is 27.7 Å². The summed E-state index contributed by atoms with van der Waals surface area (Å²) >= 11 is 4.58. The van der Waals surface area contributed by atoms with Crippen LogP contribution < -0.4 is 11.3 Å². The number of halogens is 3. The normalized spacial score (nSPS) is 12.4. The highest BCUT2D eigenvalue weighted by molar-refractivity contribution is 9.10. The van der Waals surface area contributed by atoms with Crippen LogP contribution in [0.1, 0.15) is 5.56 Å². The average Bonchev–Trinajstić information content (AvgIpc) is 2.47. The summed E-state index contributed by atoms with van der Waals surface area (Å²) in [4.78, 5) is 0.564. The number of hydrogen-bond acceptors (Lipinski definition) is 3. The molecule has 0 bridgehead atoms. The SMILES string of the molecule is NNC(CSc1ccccc1F)Cc1ccc(Br)cc1F. The Bertz CT molecular complexity index is 610. The van der Waals surface area contributed by atoms with E-state index in [1.807, 2.05) is 0 Å². The van der Waals surface area contributed by atoms with E-state index in [1.54, 1.807) is 30.3 Å². The topological polar surface area (TPSA) is 38.0 Å². The van der Waals surface area contributed by atoms with E-state index in [4.69, 9.17) is 5.84 Å². The van der Waals surface area contributed by atoms with E-state index in [2.05, 4.69) is 21.4 Å². The van der Waals surface area contributed by atoms with Gasteiger partial charge in [0, 0.05) is 21.2 Å². The highest BCUT2D eigenvalue weighted by atomic mass is 79.9. The van der Waals surface area contributed by atoms with Gasteiger partial charge in [-0.25, -0.2) is 8.78 Å². The van der Waals surface area contributed by atoms with E-state index in [9.17, 15) is 8.78 Å². The monoisotopic (exact) mass is 372 g/mol.